The summed E-state index contributed by atoms with van der Waals surface area (Å²) in [6.45, 7) is 2.88. The number of carbonyl (C=O) groups is 2. The maximum atomic E-state index is 12.4. The molecule has 0 aliphatic carbocycles. The summed E-state index contributed by atoms with van der Waals surface area (Å²) in [5.41, 5.74) is 0.612. The van der Waals surface area contributed by atoms with Crippen molar-refractivity contribution >= 4 is 29.1 Å². The van der Waals surface area contributed by atoms with Gasteiger partial charge in [0.25, 0.3) is 11.8 Å². The van der Waals surface area contributed by atoms with E-state index in [4.69, 9.17) is 21.1 Å². The first-order chi connectivity index (χ1) is 14.1. The van der Waals surface area contributed by atoms with Gasteiger partial charge >= 0.3 is 0 Å². The molecule has 0 atom stereocenters. The summed E-state index contributed by atoms with van der Waals surface area (Å²) >= 11 is 6.07. The summed E-state index contributed by atoms with van der Waals surface area (Å²) in [5, 5.41) is 3.35. The topological polar surface area (TPSA) is 72.3 Å². The number of nitrogens with one attached hydrogen (secondary N) is 2. The van der Waals surface area contributed by atoms with Crippen molar-refractivity contribution in [2.24, 2.45) is 0 Å². The van der Waals surface area contributed by atoms with Gasteiger partial charge in [-0.3, -0.25) is 9.59 Å². The SMILES string of the molecule is COc1ccccc1OCC(=O)N1CC[NH+](CC(=O)Nc2ccccc2Cl)CC1. The van der Waals surface area contributed by atoms with Crippen LogP contribution in [-0.2, 0) is 9.59 Å². The zero-order chi connectivity index (χ0) is 20.6. The van der Waals surface area contributed by atoms with Gasteiger partial charge in [0.2, 0.25) is 0 Å². The van der Waals surface area contributed by atoms with E-state index in [1.54, 1.807) is 36.3 Å². The van der Waals surface area contributed by atoms with Gasteiger partial charge in [0, 0.05) is 0 Å². The number of quaternary nitrogens is 1. The Labute approximate surface area is 175 Å². The number of hydrogen-bond acceptors (Lipinski definition) is 4. The number of rotatable bonds is 7. The van der Waals surface area contributed by atoms with Crippen molar-refractivity contribution in [3.8, 4) is 11.5 Å². The van der Waals surface area contributed by atoms with Crippen LogP contribution in [0.25, 0.3) is 0 Å². The van der Waals surface area contributed by atoms with Crippen LogP contribution in [0.4, 0.5) is 5.69 Å². The number of nitrogens with zero attached hydrogens (tertiary/aromatic N) is 1. The molecule has 2 amide bonds. The molecule has 2 N–H and O–H groups in total. The number of carbonyl (C=O) groups excluding carboxylic acids is 2. The van der Waals surface area contributed by atoms with Crippen LogP contribution in [0.1, 0.15) is 0 Å². The van der Waals surface area contributed by atoms with E-state index in [1.165, 1.54) is 0 Å². The predicted molar refractivity (Wildman–Crippen MR) is 111 cm³/mol. The summed E-state index contributed by atoms with van der Waals surface area (Å²) in [6.07, 6.45) is 0. The largest absolute Gasteiger partial charge is 0.493 e. The first-order valence-electron chi connectivity index (χ1n) is 9.48. The number of para-hydroxylation sites is 3. The summed E-state index contributed by atoms with van der Waals surface area (Å²) in [4.78, 5) is 27.6. The molecular formula is C21H25ClN3O4+. The molecular weight excluding hydrogens is 394 g/mol. The van der Waals surface area contributed by atoms with Crippen molar-refractivity contribution < 1.29 is 24.0 Å². The number of hydrogen-bond donors (Lipinski definition) is 2. The van der Waals surface area contributed by atoms with Crippen LogP contribution in [-0.4, -0.2) is 63.2 Å². The summed E-state index contributed by atoms with van der Waals surface area (Å²) in [7, 11) is 1.56. The lowest BCUT2D eigenvalue weighted by Crippen LogP contribution is -3.15. The first-order valence-corrected chi connectivity index (χ1v) is 9.86. The maximum absolute atomic E-state index is 12.4. The number of methoxy groups -OCH3 is 1. The molecule has 1 fully saturated rings. The van der Waals surface area contributed by atoms with Crippen molar-refractivity contribution in [1.29, 1.82) is 0 Å². The molecule has 29 heavy (non-hydrogen) atoms. The Kier molecular flexibility index (Phi) is 7.32. The number of anilines is 1. The third-order valence-electron chi connectivity index (χ3n) is 4.80. The summed E-state index contributed by atoms with van der Waals surface area (Å²) in [6, 6.07) is 14.4. The van der Waals surface area contributed by atoms with Gasteiger partial charge in [-0.1, -0.05) is 35.9 Å². The Morgan fingerprint density at radius 2 is 1.72 bits per heavy atom. The van der Waals surface area contributed by atoms with Crippen molar-refractivity contribution in [1.82, 2.24) is 4.90 Å². The molecule has 0 bridgehead atoms. The molecule has 2 aromatic carbocycles. The van der Waals surface area contributed by atoms with Gasteiger partial charge in [-0.25, -0.2) is 0 Å². The predicted octanol–water partition coefficient (Wildman–Crippen LogP) is 1.09. The minimum Gasteiger partial charge on any atom is -0.493 e. The van der Waals surface area contributed by atoms with Crippen LogP contribution in [0.15, 0.2) is 48.5 Å². The van der Waals surface area contributed by atoms with E-state index >= 15 is 0 Å². The quantitative estimate of drug-likeness (QED) is 0.706. The van der Waals surface area contributed by atoms with Gasteiger partial charge in [-0.05, 0) is 24.3 Å². The molecule has 0 unspecified atom stereocenters. The lowest BCUT2D eigenvalue weighted by Gasteiger charge is -2.31. The van der Waals surface area contributed by atoms with Crippen LogP contribution in [0.5, 0.6) is 11.5 Å². The van der Waals surface area contributed by atoms with Gasteiger partial charge in [0.1, 0.15) is 0 Å². The van der Waals surface area contributed by atoms with Crippen LogP contribution < -0.4 is 19.7 Å². The normalized spacial score (nSPS) is 14.3. The minimum absolute atomic E-state index is 0.0390. The molecule has 8 heteroatoms. The van der Waals surface area contributed by atoms with E-state index in [2.05, 4.69) is 5.32 Å². The molecule has 7 nitrogen and oxygen atoms in total. The van der Waals surface area contributed by atoms with Crippen molar-refractivity contribution in [2.75, 3.05) is 51.8 Å². The lowest BCUT2D eigenvalue weighted by molar-refractivity contribution is -0.895. The average molecular weight is 419 g/mol. The maximum Gasteiger partial charge on any atom is 0.279 e. The van der Waals surface area contributed by atoms with Crippen LogP contribution in [0.3, 0.4) is 0 Å². The van der Waals surface area contributed by atoms with E-state index in [0.717, 1.165) is 4.90 Å². The van der Waals surface area contributed by atoms with Crippen LogP contribution in [0.2, 0.25) is 5.02 Å². The third kappa shape index (κ3) is 5.85. The molecule has 0 aromatic heterocycles. The Bertz CT molecular complexity index is 853. The van der Waals surface area contributed by atoms with Crippen LogP contribution in [0, 0.1) is 0 Å². The second kappa shape index (κ2) is 10.1. The van der Waals surface area contributed by atoms with Gasteiger partial charge < -0.3 is 24.6 Å². The molecule has 1 heterocycles. The first kappa shape index (κ1) is 21.0. The van der Waals surface area contributed by atoms with Crippen molar-refractivity contribution in [2.45, 2.75) is 0 Å². The third-order valence-corrected chi connectivity index (χ3v) is 5.13. The monoisotopic (exact) mass is 418 g/mol. The molecule has 0 saturated carbocycles. The Hall–Kier alpha value is -2.77. The number of halogens is 1. The summed E-state index contributed by atoms with van der Waals surface area (Å²) < 4.78 is 10.8. The average Bonchev–Trinajstić information content (AvgIpc) is 2.74. The lowest BCUT2D eigenvalue weighted by atomic mass is 10.3. The van der Waals surface area contributed by atoms with E-state index in [9.17, 15) is 9.59 Å². The molecule has 1 aliphatic rings. The Morgan fingerprint density at radius 1 is 1.07 bits per heavy atom. The van der Waals surface area contributed by atoms with Crippen molar-refractivity contribution in [3.63, 3.8) is 0 Å². The highest BCUT2D eigenvalue weighted by atomic mass is 35.5. The molecule has 0 spiro atoms. The van der Waals surface area contributed by atoms with Gasteiger partial charge in [-0.15, -0.1) is 0 Å². The fraction of sp³-hybridized carbons (Fsp3) is 0.333. The van der Waals surface area contributed by atoms with E-state index in [1.807, 2.05) is 24.3 Å². The minimum atomic E-state index is -0.0904. The zero-order valence-electron chi connectivity index (χ0n) is 16.3. The highest BCUT2D eigenvalue weighted by Gasteiger charge is 2.25. The number of benzene rings is 2. The molecule has 154 valence electrons. The molecule has 1 aliphatic heterocycles. The van der Waals surface area contributed by atoms with Crippen LogP contribution >= 0.6 is 11.6 Å². The smallest absolute Gasteiger partial charge is 0.279 e. The molecule has 2 aromatic rings. The zero-order valence-corrected chi connectivity index (χ0v) is 17.1. The standard InChI is InChI=1S/C21H24ClN3O4/c1-28-18-8-4-5-9-19(18)29-15-21(27)25-12-10-24(11-13-25)14-20(26)23-17-7-3-2-6-16(17)22/h2-9H,10-15H2,1H3,(H,23,26)/p+1. The van der Waals surface area contributed by atoms with E-state index in [0.29, 0.717) is 54.9 Å². The second-order valence-electron chi connectivity index (χ2n) is 6.78. The highest BCUT2D eigenvalue weighted by molar-refractivity contribution is 6.33. The second-order valence-corrected chi connectivity index (χ2v) is 7.18. The van der Waals surface area contributed by atoms with Gasteiger partial charge in [-0.2, -0.15) is 0 Å². The van der Waals surface area contributed by atoms with Gasteiger partial charge in [0.15, 0.2) is 24.7 Å². The van der Waals surface area contributed by atoms with E-state index < -0.39 is 0 Å². The Balaban J connectivity index is 1.42. The fourth-order valence-electron chi connectivity index (χ4n) is 3.20. The summed E-state index contributed by atoms with van der Waals surface area (Å²) in [5.74, 6) is 0.978. The number of piperazine rings is 1. The number of amides is 2. The van der Waals surface area contributed by atoms with Gasteiger partial charge in [0.05, 0.1) is 44.0 Å². The molecule has 0 radical (unpaired) electrons. The van der Waals surface area contributed by atoms with Crippen molar-refractivity contribution in [3.05, 3.63) is 53.6 Å². The molecule has 3 rings (SSSR count). The highest BCUT2D eigenvalue weighted by Crippen LogP contribution is 2.25. The van der Waals surface area contributed by atoms with E-state index in [-0.39, 0.29) is 18.4 Å². The fourth-order valence-corrected chi connectivity index (χ4v) is 3.38. The Morgan fingerprint density at radius 3 is 2.41 bits per heavy atom. The molecule has 1 saturated heterocycles. The number of ether oxygens (including phenoxy) is 2.